The Bertz CT molecular complexity index is 725. The smallest absolute Gasteiger partial charge is 0.331 e. The van der Waals surface area contributed by atoms with Gasteiger partial charge in [-0.25, -0.2) is 4.79 Å². The Morgan fingerprint density at radius 1 is 1.17 bits per heavy atom. The number of ketones is 2. The average molecular weight is 314 g/mol. The number of carbonyl (C=O) groups excluding carboxylic acids is 2. The third-order valence-electron chi connectivity index (χ3n) is 3.71. The highest BCUT2D eigenvalue weighted by atomic mass is 16.5. The molecule has 2 rings (SSSR count). The van der Waals surface area contributed by atoms with Crippen molar-refractivity contribution in [2.45, 2.75) is 26.2 Å². The number of benzene rings is 1. The minimum absolute atomic E-state index is 0.00435. The molecule has 0 aliphatic heterocycles. The second-order valence-corrected chi connectivity index (χ2v) is 5.23. The first kappa shape index (κ1) is 16.7. The minimum Gasteiger partial charge on any atom is -0.492 e. The van der Waals surface area contributed by atoms with Crippen molar-refractivity contribution in [3.8, 4) is 0 Å². The van der Waals surface area contributed by atoms with Gasteiger partial charge in [-0.1, -0.05) is 37.6 Å². The van der Waals surface area contributed by atoms with Gasteiger partial charge >= 0.3 is 5.97 Å². The third kappa shape index (κ3) is 3.23. The molecule has 1 N–H and O–H groups in total. The molecule has 120 valence electrons. The van der Waals surface area contributed by atoms with Gasteiger partial charge in [0.1, 0.15) is 0 Å². The predicted molar refractivity (Wildman–Crippen MR) is 84.4 cm³/mol. The van der Waals surface area contributed by atoms with Gasteiger partial charge in [-0.05, 0) is 18.9 Å². The van der Waals surface area contributed by atoms with E-state index in [0.717, 1.165) is 6.42 Å². The van der Waals surface area contributed by atoms with Crippen LogP contribution in [-0.4, -0.2) is 29.8 Å². The van der Waals surface area contributed by atoms with Crippen LogP contribution in [0.15, 0.2) is 47.2 Å². The lowest BCUT2D eigenvalue weighted by atomic mass is 9.87. The Morgan fingerprint density at radius 2 is 1.78 bits per heavy atom. The second-order valence-electron chi connectivity index (χ2n) is 5.23. The highest BCUT2D eigenvalue weighted by Gasteiger charge is 2.32. The number of carbonyl (C=O) groups is 3. The van der Waals surface area contributed by atoms with Crippen LogP contribution in [0.3, 0.4) is 0 Å². The summed E-state index contributed by atoms with van der Waals surface area (Å²) in [5, 5.41) is 9.31. The van der Waals surface area contributed by atoms with Crippen LogP contribution in [0.5, 0.6) is 0 Å². The zero-order valence-electron chi connectivity index (χ0n) is 13.1. The molecule has 0 aromatic heterocycles. The quantitative estimate of drug-likeness (QED) is 0.816. The summed E-state index contributed by atoms with van der Waals surface area (Å²) >= 11 is 0. The van der Waals surface area contributed by atoms with Crippen LogP contribution < -0.4 is 0 Å². The van der Waals surface area contributed by atoms with Crippen LogP contribution in [0.1, 0.15) is 46.9 Å². The number of fused-ring (bicyclic) bond motifs is 1. The summed E-state index contributed by atoms with van der Waals surface area (Å²) in [7, 11) is 1.30. The fourth-order valence-electron chi connectivity index (χ4n) is 2.49. The monoisotopic (exact) mass is 314 g/mol. The molecular weight excluding hydrogens is 296 g/mol. The lowest BCUT2D eigenvalue weighted by Gasteiger charge is -2.18. The highest BCUT2D eigenvalue weighted by molar-refractivity contribution is 6.27. The SMILES string of the molecule is CCCC/C(=C\C1=C(OC)C(=O)c2ccccc2C1=O)C(=O)O. The van der Waals surface area contributed by atoms with Crippen molar-refractivity contribution in [1.82, 2.24) is 0 Å². The summed E-state index contributed by atoms with van der Waals surface area (Å²) in [5.74, 6) is -2.01. The fraction of sp³-hybridized carbons (Fsp3) is 0.278. The van der Waals surface area contributed by atoms with Crippen molar-refractivity contribution in [2.24, 2.45) is 0 Å². The Morgan fingerprint density at radius 3 is 2.30 bits per heavy atom. The maximum Gasteiger partial charge on any atom is 0.331 e. The molecule has 0 atom stereocenters. The number of methoxy groups -OCH3 is 1. The van der Waals surface area contributed by atoms with Crippen LogP contribution in [0.2, 0.25) is 0 Å². The first-order valence-electron chi connectivity index (χ1n) is 7.41. The topological polar surface area (TPSA) is 80.7 Å². The van der Waals surface area contributed by atoms with Crippen molar-refractivity contribution in [3.05, 3.63) is 58.4 Å². The lowest BCUT2D eigenvalue weighted by Crippen LogP contribution is -2.22. The summed E-state index contributed by atoms with van der Waals surface area (Å²) < 4.78 is 5.10. The average Bonchev–Trinajstić information content (AvgIpc) is 2.55. The third-order valence-corrected chi connectivity index (χ3v) is 3.71. The molecule has 23 heavy (non-hydrogen) atoms. The van der Waals surface area contributed by atoms with Crippen molar-refractivity contribution in [2.75, 3.05) is 7.11 Å². The van der Waals surface area contributed by atoms with Gasteiger partial charge in [0.25, 0.3) is 0 Å². The molecular formula is C18H18O5. The van der Waals surface area contributed by atoms with Gasteiger partial charge in [0.15, 0.2) is 11.5 Å². The first-order valence-corrected chi connectivity index (χ1v) is 7.41. The zero-order valence-corrected chi connectivity index (χ0v) is 13.1. The molecule has 0 radical (unpaired) electrons. The Balaban J connectivity index is 2.56. The highest BCUT2D eigenvalue weighted by Crippen LogP contribution is 2.28. The Hall–Kier alpha value is -2.69. The Kier molecular flexibility index (Phi) is 5.11. The molecule has 5 nitrogen and oxygen atoms in total. The molecule has 5 heteroatoms. The van der Waals surface area contributed by atoms with Gasteiger partial charge in [-0.2, -0.15) is 0 Å². The van der Waals surface area contributed by atoms with Crippen molar-refractivity contribution < 1.29 is 24.2 Å². The number of carboxylic acids is 1. The summed E-state index contributed by atoms with van der Waals surface area (Å²) in [6.45, 7) is 1.95. The number of hydrogen-bond acceptors (Lipinski definition) is 4. The van der Waals surface area contributed by atoms with E-state index in [0.29, 0.717) is 12.8 Å². The number of carboxylic acid groups (broad SMARTS) is 1. The van der Waals surface area contributed by atoms with Gasteiger partial charge in [0, 0.05) is 16.7 Å². The van der Waals surface area contributed by atoms with E-state index >= 15 is 0 Å². The second kappa shape index (κ2) is 7.05. The number of aliphatic carboxylic acids is 1. The molecule has 0 fully saturated rings. The van der Waals surface area contributed by atoms with Crippen molar-refractivity contribution in [1.29, 1.82) is 0 Å². The summed E-state index contributed by atoms with van der Waals surface area (Å²) in [6, 6.07) is 6.45. The first-order chi connectivity index (χ1) is 11.0. The molecule has 0 heterocycles. The number of Topliss-reactive ketones (excluding diaryl/α,β-unsaturated/α-hetero) is 2. The van der Waals surface area contributed by atoms with E-state index in [4.69, 9.17) is 4.74 Å². The number of unbranched alkanes of at least 4 members (excludes halogenated alkanes) is 1. The molecule has 1 aromatic carbocycles. The molecule has 0 bridgehead atoms. The van der Waals surface area contributed by atoms with E-state index < -0.39 is 17.5 Å². The molecule has 0 saturated heterocycles. The normalized spacial score (nSPS) is 14.8. The summed E-state index contributed by atoms with van der Waals surface area (Å²) in [6.07, 6.45) is 3.12. The van der Waals surface area contributed by atoms with Crippen LogP contribution in [-0.2, 0) is 9.53 Å². The van der Waals surface area contributed by atoms with Gasteiger partial charge in [0.2, 0.25) is 5.78 Å². The minimum atomic E-state index is -1.10. The molecule has 0 saturated carbocycles. The molecule has 0 amide bonds. The van der Waals surface area contributed by atoms with Gasteiger partial charge in [-0.3, -0.25) is 9.59 Å². The number of allylic oxidation sites excluding steroid dienone is 3. The van der Waals surface area contributed by atoms with Gasteiger partial charge in [0.05, 0.1) is 12.7 Å². The maximum atomic E-state index is 12.6. The van der Waals surface area contributed by atoms with Crippen LogP contribution in [0, 0.1) is 0 Å². The largest absolute Gasteiger partial charge is 0.492 e. The van der Waals surface area contributed by atoms with E-state index in [1.807, 2.05) is 6.92 Å². The van der Waals surface area contributed by atoms with Crippen LogP contribution in [0.25, 0.3) is 0 Å². The Labute approximate surface area is 134 Å². The van der Waals surface area contributed by atoms with Crippen LogP contribution in [0.4, 0.5) is 0 Å². The molecule has 0 unspecified atom stereocenters. The van der Waals surface area contributed by atoms with Crippen molar-refractivity contribution >= 4 is 17.5 Å². The van der Waals surface area contributed by atoms with E-state index in [-0.39, 0.29) is 28.0 Å². The molecule has 1 aliphatic rings. The van der Waals surface area contributed by atoms with E-state index in [1.165, 1.54) is 13.2 Å². The number of rotatable bonds is 6. The number of ether oxygens (including phenoxy) is 1. The van der Waals surface area contributed by atoms with E-state index in [1.54, 1.807) is 24.3 Å². The van der Waals surface area contributed by atoms with Gasteiger partial charge < -0.3 is 9.84 Å². The van der Waals surface area contributed by atoms with Crippen molar-refractivity contribution in [3.63, 3.8) is 0 Å². The van der Waals surface area contributed by atoms with E-state index in [9.17, 15) is 19.5 Å². The number of hydrogen-bond donors (Lipinski definition) is 1. The fourth-order valence-corrected chi connectivity index (χ4v) is 2.49. The zero-order chi connectivity index (χ0) is 17.0. The molecule has 1 aromatic rings. The van der Waals surface area contributed by atoms with E-state index in [2.05, 4.69) is 0 Å². The summed E-state index contributed by atoms with van der Waals surface area (Å²) in [4.78, 5) is 36.5. The summed E-state index contributed by atoms with van der Waals surface area (Å²) in [5.41, 5.74) is 0.642. The van der Waals surface area contributed by atoms with Crippen LogP contribution >= 0.6 is 0 Å². The molecule has 0 spiro atoms. The lowest BCUT2D eigenvalue weighted by molar-refractivity contribution is -0.132. The maximum absolute atomic E-state index is 12.6. The standard InChI is InChI=1S/C18H18O5/c1-3-4-7-11(18(21)22)10-14-15(19)12-8-5-6-9-13(12)16(20)17(14)23-2/h5-6,8-10H,3-4,7H2,1-2H3,(H,21,22)/b11-10+. The molecule has 1 aliphatic carbocycles. The van der Waals surface area contributed by atoms with Gasteiger partial charge in [-0.15, -0.1) is 0 Å². The predicted octanol–water partition coefficient (Wildman–Crippen LogP) is 3.17.